The van der Waals surface area contributed by atoms with Gasteiger partial charge in [-0.3, -0.25) is 10.1 Å². The molecule has 0 heterocycles. The SMILES string of the molecule is CCOC(=O)c1cc([N+](=O)[O-])ccc1-c1ccc(C(F)(F)F)cc1. The van der Waals surface area contributed by atoms with Gasteiger partial charge in [0.05, 0.1) is 22.7 Å². The molecule has 0 aliphatic carbocycles. The third-order valence-corrected chi connectivity index (χ3v) is 3.23. The van der Waals surface area contributed by atoms with E-state index in [0.717, 1.165) is 18.2 Å². The highest BCUT2D eigenvalue weighted by atomic mass is 19.4. The molecule has 2 aromatic carbocycles. The number of esters is 1. The third-order valence-electron chi connectivity index (χ3n) is 3.23. The molecule has 0 amide bonds. The molecular formula is C16H12F3NO4. The van der Waals surface area contributed by atoms with Crippen LogP contribution in [-0.4, -0.2) is 17.5 Å². The summed E-state index contributed by atoms with van der Waals surface area (Å²) in [4.78, 5) is 22.2. The number of carbonyl (C=O) groups is 1. The van der Waals surface area contributed by atoms with Gasteiger partial charge in [-0.25, -0.2) is 4.79 Å². The number of nitro benzene ring substituents is 1. The lowest BCUT2D eigenvalue weighted by atomic mass is 9.98. The second kappa shape index (κ2) is 6.69. The van der Waals surface area contributed by atoms with E-state index in [1.54, 1.807) is 6.92 Å². The maximum atomic E-state index is 12.6. The predicted octanol–water partition coefficient (Wildman–Crippen LogP) is 4.46. The Morgan fingerprint density at radius 1 is 1.17 bits per heavy atom. The van der Waals surface area contributed by atoms with Crippen molar-refractivity contribution in [3.63, 3.8) is 0 Å². The highest BCUT2D eigenvalue weighted by Crippen LogP contribution is 2.33. The minimum absolute atomic E-state index is 0.0635. The van der Waals surface area contributed by atoms with E-state index < -0.39 is 22.6 Å². The summed E-state index contributed by atoms with van der Waals surface area (Å²) in [5, 5.41) is 10.9. The minimum atomic E-state index is -4.47. The maximum Gasteiger partial charge on any atom is 0.416 e. The van der Waals surface area contributed by atoms with Gasteiger partial charge in [-0.2, -0.15) is 13.2 Å². The Bertz CT molecular complexity index is 770. The summed E-state index contributed by atoms with van der Waals surface area (Å²) >= 11 is 0. The topological polar surface area (TPSA) is 69.4 Å². The number of benzene rings is 2. The van der Waals surface area contributed by atoms with Gasteiger partial charge in [-0.1, -0.05) is 12.1 Å². The first-order valence-electron chi connectivity index (χ1n) is 6.87. The number of hydrogen-bond acceptors (Lipinski definition) is 4. The summed E-state index contributed by atoms with van der Waals surface area (Å²) in [6.07, 6.45) is -4.47. The van der Waals surface area contributed by atoms with Crippen LogP contribution in [0.15, 0.2) is 42.5 Å². The second-order valence-electron chi connectivity index (χ2n) is 4.78. The summed E-state index contributed by atoms with van der Waals surface area (Å²) in [6, 6.07) is 7.70. The molecule has 24 heavy (non-hydrogen) atoms. The molecule has 0 N–H and O–H groups in total. The van der Waals surface area contributed by atoms with E-state index in [1.807, 2.05) is 0 Å². The van der Waals surface area contributed by atoms with Crippen LogP contribution in [0.2, 0.25) is 0 Å². The van der Waals surface area contributed by atoms with Crippen LogP contribution in [0.25, 0.3) is 11.1 Å². The Kier molecular flexibility index (Phi) is 4.87. The summed E-state index contributed by atoms with van der Waals surface area (Å²) in [6.45, 7) is 1.64. The first-order valence-corrected chi connectivity index (χ1v) is 6.87. The molecule has 0 atom stereocenters. The summed E-state index contributed by atoms with van der Waals surface area (Å²) < 4.78 is 42.7. The predicted molar refractivity (Wildman–Crippen MR) is 79.5 cm³/mol. The van der Waals surface area contributed by atoms with E-state index in [9.17, 15) is 28.1 Å². The smallest absolute Gasteiger partial charge is 0.416 e. The molecule has 0 radical (unpaired) electrons. The van der Waals surface area contributed by atoms with Crippen molar-refractivity contribution in [2.45, 2.75) is 13.1 Å². The average molecular weight is 339 g/mol. The van der Waals surface area contributed by atoms with Crippen molar-refractivity contribution in [3.05, 3.63) is 63.7 Å². The largest absolute Gasteiger partial charge is 0.462 e. The van der Waals surface area contributed by atoms with Gasteiger partial charge in [-0.05, 0) is 36.2 Å². The zero-order valence-corrected chi connectivity index (χ0v) is 12.5. The molecular weight excluding hydrogens is 327 g/mol. The molecule has 2 aromatic rings. The molecule has 0 saturated carbocycles. The fourth-order valence-corrected chi connectivity index (χ4v) is 2.11. The highest BCUT2D eigenvalue weighted by Gasteiger charge is 2.30. The van der Waals surface area contributed by atoms with Crippen molar-refractivity contribution in [2.75, 3.05) is 6.61 Å². The van der Waals surface area contributed by atoms with Gasteiger partial charge >= 0.3 is 12.1 Å². The number of alkyl halides is 3. The van der Waals surface area contributed by atoms with Gasteiger partial charge in [0.1, 0.15) is 0 Å². The highest BCUT2D eigenvalue weighted by molar-refractivity contribution is 5.98. The molecule has 0 spiro atoms. The van der Waals surface area contributed by atoms with Gasteiger partial charge in [0.2, 0.25) is 0 Å². The van der Waals surface area contributed by atoms with E-state index in [0.29, 0.717) is 5.56 Å². The van der Waals surface area contributed by atoms with Crippen LogP contribution in [0.1, 0.15) is 22.8 Å². The molecule has 0 aliphatic heterocycles. The minimum Gasteiger partial charge on any atom is -0.462 e. The number of hydrogen-bond donors (Lipinski definition) is 0. The summed E-state index contributed by atoms with van der Waals surface area (Å²) in [5.74, 6) is -0.781. The van der Waals surface area contributed by atoms with Crippen LogP contribution in [0.5, 0.6) is 0 Å². The zero-order valence-electron chi connectivity index (χ0n) is 12.5. The van der Waals surface area contributed by atoms with Crippen LogP contribution in [0, 0.1) is 10.1 Å². The molecule has 0 aliphatic rings. The van der Waals surface area contributed by atoms with E-state index in [4.69, 9.17) is 4.74 Å². The Morgan fingerprint density at radius 3 is 2.29 bits per heavy atom. The zero-order chi connectivity index (χ0) is 17.9. The van der Waals surface area contributed by atoms with Crippen molar-refractivity contribution in [3.8, 4) is 11.1 Å². The Hall–Kier alpha value is -2.90. The number of nitrogens with zero attached hydrogens (tertiary/aromatic N) is 1. The van der Waals surface area contributed by atoms with Crippen molar-refractivity contribution in [1.82, 2.24) is 0 Å². The van der Waals surface area contributed by atoms with Gasteiger partial charge < -0.3 is 4.74 Å². The van der Waals surface area contributed by atoms with Crippen molar-refractivity contribution in [2.24, 2.45) is 0 Å². The normalized spacial score (nSPS) is 11.2. The molecule has 8 heteroatoms. The fourth-order valence-electron chi connectivity index (χ4n) is 2.11. The monoisotopic (exact) mass is 339 g/mol. The number of rotatable bonds is 4. The van der Waals surface area contributed by atoms with Crippen LogP contribution in [-0.2, 0) is 10.9 Å². The number of carbonyl (C=O) groups excluding carboxylic acids is 1. The van der Waals surface area contributed by atoms with Gasteiger partial charge in [0.15, 0.2) is 0 Å². The Labute approximate surface area is 134 Å². The molecule has 0 aromatic heterocycles. The van der Waals surface area contributed by atoms with Crippen LogP contribution in [0.3, 0.4) is 0 Å². The molecule has 2 rings (SSSR count). The van der Waals surface area contributed by atoms with Crippen molar-refractivity contribution in [1.29, 1.82) is 0 Å². The van der Waals surface area contributed by atoms with E-state index in [2.05, 4.69) is 0 Å². The first kappa shape index (κ1) is 17.5. The molecule has 0 fully saturated rings. The molecule has 0 unspecified atom stereocenters. The lowest BCUT2D eigenvalue weighted by Gasteiger charge is -2.11. The lowest BCUT2D eigenvalue weighted by Crippen LogP contribution is -2.08. The van der Waals surface area contributed by atoms with Crippen molar-refractivity contribution < 1.29 is 27.6 Å². The van der Waals surface area contributed by atoms with Crippen LogP contribution >= 0.6 is 0 Å². The number of non-ortho nitro benzene ring substituents is 1. The standard InChI is InChI=1S/C16H12F3NO4/c1-2-24-15(21)14-9-12(20(22)23)7-8-13(14)10-3-5-11(6-4-10)16(17,18)19/h3-9H,2H2,1H3. The molecule has 126 valence electrons. The van der Waals surface area contributed by atoms with E-state index >= 15 is 0 Å². The number of nitro groups is 1. The number of halogens is 3. The fraction of sp³-hybridized carbons (Fsp3) is 0.188. The molecule has 0 saturated heterocycles. The van der Waals surface area contributed by atoms with E-state index in [-0.39, 0.29) is 23.4 Å². The Morgan fingerprint density at radius 2 is 1.79 bits per heavy atom. The van der Waals surface area contributed by atoms with Gasteiger partial charge in [0.25, 0.3) is 5.69 Å². The second-order valence-corrected chi connectivity index (χ2v) is 4.78. The molecule has 5 nitrogen and oxygen atoms in total. The van der Waals surface area contributed by atoms with Gasteiger partial charge in [-0.15, -0.1) is 0 Å². The van der Waals surface area contributed by atoms with E-state index in [1.165, 1.54) is 24.3 Å². The van der Waals surface area contributed by atoms with Crippen LogP contribution in [0.4, 0.5) is 18.9 Å². The lowest BCUT2D eigenvalue weighted by molar-refractivity contribution is -0.384. The van der Waals surface area contributed by atoms with Crippen LogP contribution < -0.4 is 0 Å². The first-order chi connectivity index (χ1) is 11.2. The summed E-state index contributed by atoms with van der Waals surface area (Å²) in [7, 11) is 0. The van der Waals surface area contributed by atoms with Crippen molar-refractivity contribution >= 4 is 11.7 Å². The Balaban J connectivity index is 2.52. The molecule has 0 bridgehead atoms. The maximum absolute atomic E-state index is 12.6. The summed E-state index contributed by atoms with van der Waals surface area (Å²) in [5.41, 5.74) is -0.640. The number of ether oxygens (including phenoxy) is 1. The third kappa shape index (κ3) is 3.70. The average Bonchev–Trinajstić information content (AvgIpc) is 2.53. The van der Waals surface area contributed by atoms with Gasteiger partial charge in [0, 0.05) is 12.1 Å². The quantitative estimate of drug-likeness (QED) is 0.468.